The minimum atomic E-state index is -3.48. The molecule has 1 atom stereocenters. The van der Waals surface area contributed by atoms with Crippen LogP contribution in [-0.4, -0.2) is 27.6 Å². The van der Waals surface area contributed by atoms with Gasteiger partial charge in [-0.1, -0.05) is 0 Å². The first-order chi connectivity index (χ1) is 8.03. The molecule has 1 aromatic carbocycles. The minimum Gasteiger partial charge on any atom is -0.493 e. The van der Waals surface area contributed by atoms with Gasteiger partial charge < -0.3 is 10.5 Å². The van der Waals surface area contributed by atoms with Crippen LogP contribution in [0.4, 0.5) is 0 Å². The van der Waals surface area contributed by atoms with Crippen LogP contribution in [0.5, 0.6) is 5.75 Å². The second-order valence-corrected chi connectivity index (χ2v) is 5.84. The second kappa shape index (κ2) is 4.64. The van der Waals surface area contributed by atoms with Gasteiger partial charge in [0.2, 0.25) is 10.0 Å². The molecular weight excluding hydrogens is 240 g/mol. The van der Waals surface area contributed by atoms with Gasteiger partial charge in [0, 0.05) is 19.0 Å². The van der Waals surface area contributed by atoms with Crippen molar-refractivity contribution in [1.29, 1.82) is 0 Å². The zero-order valence-electron chi connectivity index (χ0n) is 9.64. The first kappa shape index (κ1) is 12.3. The van der Waals surface area contributed by atoms with Crippen molar-refractivity contribution in [1.82, 2.24) is 4.72 Å². The SMILES string of the molecule is CC(CN)NS(=O)(=O)c1ccc2c(c1)CCO2. The molecule has 6 heteroatoms. The number of hydrogen-bond donors (Lipinski definition) is 2. The first-order valence-corrected chi connectivity index (χ1v) is 6.99. The van der Waals surface area contributed by atoms with E-state index in [1.807, 2.05) is 0 Å². The Balaban J connectivity index is 2.28. The molecule has 3 N–H and O–H groups in total. The highest BCUT2D eigenvalue weighted by atomic mass is 32.2. The molecule has 0 spiro atoms. The molecule has 1 unspecified atom stereocenters. The Morgan fingerprint density at radius 3 is 3.00 bits per heavy atom. The summed E-state index contributed by atoms with van der Waals surface area (Å²) >= 11 is 0. The lowest BCUT2D eigenvalue weighted by Crippen LogP contribution is -2.37. The van der Waals surface area contributed by atoms with Gasteiger partial charge in [0.15, 0.2) is 0 Å². The van der Waals surface area contributed by atoms with Crippen molar-refractivity contribution in [2.45, 2.75) is 24.3 Å². The predicted molar refractivity (Wildman–Crippen MR) is 64.5 cm³/mol. The molecule has 1 aromatic rings. The van der Waals surface area contributed by atoms with Crippen molar-refractivity contribution >= 4 is 10.0 Å². The maximum Gasteiger partial charge on any atom is 0.240 e. The van der Waals surface area contributed by atoms with E-state index in [9.17, 15) is 8.42 Å². The molecule has 94 valence electrons. The van der Waals surface area contributed by atoms with E-state index < -0.39 is 10.0 Å². The first-order valence-electron chi connectivity index (χ1n) is 5.51. The van der Waals surface area contributed by atoms with Gasteiger partial charge in [-0.15, -0.1) is 0 Å². The average Bonchev–Trinajstić information content (AvgIpc) is 2.75. The Morgan fingerprint density at radius 2 is 2.29 bits per heavy atom. The lowest BCUT2D eigenvalue weighted by Gasteiger charge is -2.12. The van der Waals surface area contributed by atoms with Gasteiger partial charge in [-0.05, 0) is 30.7 Å². The highest BCUT2D eigenvalue weighted by molar-refractivity contribution is 7.89. The van der Waals surface area contributed by atoms with Crippen LogP contribution in [0.25, 0.3) is 0 Å². The van der Waals surface area contributed by atoms with Gasteiger partial charge in [-0.3, -0.25) is 0 Å². The van der Waals surface area contributed by atoms with Crippen LogP contribution in [-0.2, 0) is 16.4 Å². The topological polar surface area (TPSA) is 81.4 Å². The predicted octanol–water partition coefficient (Wildman–Crippen LogP) is 0.247. The molecule has 1 aliphatic rings. The van der Waals surface area contributed by atoms with E-state index in [4.69, 9.17) is 10.5 Å². The summed E-state index contributed by atoms with van der Waals surface area (Å²) in [5.74, 6) is 0.774. The summed E-state index contributed by atoms with van der Waals surface area (Å²) < 4.78 is 31.8. The van der Waals surface area contributed by atoms with Gasteiger partial charge in [-0.2, -0.15) is 0 Å². The van der Waals surface area contributed by atoms with Crippen molar-refractivity contribution in [2.24, 2.45) is 5.73 Å². The molecule has 1 heterocycles. The summed E-state index contributed by atoms with van der Waals surface area (Å²) in [6.07, 6.45) is 0.755. The van der Waals surface area contributed by atoms with Crippen LogP contribution in [0.15, 0.2) is 23.1 Å². The number of nitrogens with one attached hydrogen (secondary N) is 1. The third-order valence-corrected chi connectivity index (χ3v) is 4.27. The lowest BCUT2D eigenvalue weighted by molar-refractivity contribution is 0.356. The summed E-state index contributed by atoms with van der Waals surface area (Å²) in [5.41, 5.74) is 6.34. The van der Waals surface area contributed by atoms with Crippen molar-refractivity contribution in [3.8, 4) is 5.75 Å². The Morgan fingerprint density at radius 1 is 1.53 bits per heavy atom. The van der Waals surface area contributed by atoms with E-state index in [-0.39, 0.29) is 17.5 Å². The van der Waals surface area contributed by atoms with Crippen molar-refractivity contribution in [2.75, 3.05) is 13.2 Å². The van der Waals surface area contributed by atoms with E-state index in [0.29, 0.717) is 6.61 Å². The van der Waals surface area contributed by atoms with E-state index in [1.165, 1.54) is 0 Å². The number of rotatable bonds is 4. The van der Waals surface area contributed by atoms with Crippen molar-refractivity contribution in [3.63, 3.8) is 0 Å². The van der Waals surface area contributed by atoms with Gasteiger partial charge >= 0.3 is 0 Å². The molecule has 0 fully saturated rings. The van der Waals surface area contributed by atoms with Gasteiger partial charge in [-0.25, -0.2) is 13.1 Å². The van der Waals surface area contributed by atoms with Gasteiger partial charge in [0.1, 0.15) is 5.75 Å². The second-order valence-electron chi connectivity index (χ2n) is 4.13. The summed E-state index contributed by atoms with van der Waals surface area (Å²) in [6, 6.07) is 4.64. The quantitative estimate of drug-likeness (QED) is 0.809. The number of sulfonamides is 1. The van der Waals surface area contributed by atoms with Crippen LogP contribution in [0.3, 0.4) is 0 Å². The fourth-order valence-electron chi connectivity index (χ4n) is 1.71. The molecule has 1 aliphatic heterocycles. The van der Waals surface area contributed by atoms with E-state index >= 15 is 0 Å². The molecule has 5 nitrogen and oxygen atoms in total. The van der Waals surface area contributed by atoms with Crippen LogP contribution in [0.1, 0.15) is 12.5 Å². The summed E-state index contributed by atoms with van der Waals surface area (Å²) in [6.45, 7) is 2.62. The zero-order valence-corrected chi connectivity index (χ0v) is 10.5. The number of fused-ring (bicyclic) bond motifs is 1. The van der Waals surface area contributed by atoms with E-state index in [1.54, 1.807) is 25.1 Å². The molecule has 0 saturated carbocycles. The molecule has 17 heavy (non-hydrogen) atoms. The summed E-state index contributed by atoms with van der Waals surface area (Å²) in [5, 5.41) is 0. The Kier molecular flexibility index (Phi) is 3.37. The number of ether oxygens (including phenoxy) is 1. The van der Waals surface area contributed by atoms with Crippen molar-refractivity contribution < 1.29 is 13.2 Å². The largest absolute Gasteiger partial charge is 0.493 e. The lowest BCUT2D eigenvalue weighted by atomic mass is 10.2. The molecule has 2 rings (SSSR count). The zero-order chi connectivity index (χ0) is 12.5. The number of hydrogen-bond acceptors (Lipinski definition) is 4. The molecule has 0 radical (unpaired) electrons. The maximum absolute atomic E-state index is 12.0. The fourth-order valence-corrected chi connectivity index (χ4v) is 3.02. The maximum atomic E-state index is 12.0. The van der Waals surface area contributed by atoms with E-state index in [2.05, 4.69) is 4.72 Å². The smallest absolute Gasteiger partial charge is 0.240 e. The normalized spacial score (nSPS) is 16.4. The van der Waals surface area contributed by atoms with Crippen LogP contribution in [0, 0.1) is 0 Å². The molecule has 0 aliphatic carbocycles. The Hall–Kier alpha value is -1.11. The molecule has 0 saturated heterocycles. The highest BCUT2D eigenvalue weighted by Gasteiger charge is 2.20. The number of benzene rings is 1. The van der Waals surface area contributed by atoms with Crippen LogP contribution < -0.4 is 15.2 Å². The molecule has 0 bridgehead atoms. The average molecular weight is 256 g/mol. The van der Waals surface area contributed by atoms with Gasteiger partial charge in [0.05, 0.1) is 11.5 Å². The monoisotopic (exact) mass is 256 g/mol. The number of nitrogens with two attached hydrogens (primary N) is 1. The van der Waals surface area contributed by atoms with E-state index in [0.717, 1.165) is 17.7 Å². The van der Waals surface area contributed by atoms with Crippen LogP contribution >= 0.6 is 0 Å². The Labute approximate surface area is 101 Å². The third-order valence-electron chi connectivity index (χ3n) is 2.68. The summed E-state index contributed by atoms with van der Waals surface area (Å²) in [4.78, 5) is 0.266. The van der Waals surface area contributed by atoms with Crippen molar-refractivity contribution in [3.05, 3.63) is 23.8 Å². The summed E-state index contributed by atoms with van der Waals surface area (Å²) in [7, 11) is -3.48. The molecule has 0 amide bonds. The molecular formula is C11H16N2O3S. The Bertz CT molecular complexity index is 513. The van der Waals surface area contributed by atoms with Gasteiger partial charge in [0.25, 0.3) is 0 Å². The minimum absolute atomic E-state index is 0.266. The third kappa shape index (κ3) is 2.59. The van der Waals surface area contributed by atoms with Crippen LogP contribution in [0.2, 0.25) is 0 Å². The highest BCUT2D eigenvalue weighted by Crippen LogP contribution is 2.27. The fraction of sp³-hybridized carbons (Fsp3) is 0.455. The molecule has 0 aromatic heterocycles. The standard InChI is InChI=1S/C11H16N2O3S/c1-8(7-12)13-17(14,15)10-2-3-11-9(6-10)4-5-16-11/h2-3,6,8,13H,4-5,7,12H2,1H3.